The third-order valence-corrected chi connectivity index (χ3v) is 2.70. The van der Waals surface area contributed by atoms with E-state index in [1.807, 2.05) is 24.3 Å². The highest BCUT2D eigenvalue weighted by atomic mass is 16.5. The van der Waals surface area contributed by atoms with Gasteiger partial charge < -0.3 is 4.74 Å². The molecule has 0 aliphatic heterocycles. The van der Waals surface area contributed by atoms with Crippen molar-refractivity contribution in [3.63, 3.8) is 0 Å². The average Bonchev–Trinajstić information content (AvgIpc) is 2.46. The third kappa shape index (κ3) is 2.30. The summed E-state index contributed by atoms with van der Waals surface area (Å²) in [7, 11) is 1.66. The van der Waals surface area contributed by atoms with Crippen molar-refractivity contribution in [2.75, 3.05) is 7.11 Å². The maximum absolute atomic E-state index is 8.70. The molecular weight excluding hydrogens is 226 g/mol. The first-order valence-corrected chi connectivity index (χ1v) is 5.68. The summed E-state index contributed by atoms with van der Waals surface area (Å²) in [6.07, 6.45) is 3.93. The van der Waals surface area contributed by atoms with Crippen LogP contribution in [0, 0.1) is 11.3 Å². The van der Waals surface area contributed by atoms with E-state index >= 15 is 0 Å². The second-order valence-electron chi connectivity index (χ2n) is 3.79. The first-order valence-electron chi connectivity index (χ1n) is 5.68. The molecule has 1 aromatic heterocycles. The first-order chi connectivity index (χ1) is 8.78. The summed E-state index contributed by atoms with van der Waals surface area (Å²) < 4.78 is 5.28. The zero-order valence-corrected chi connectivity index (χ0v) is 10.3. The highest BCUT2D eigenvalue weighted by molar-refractivity contribution is 5.58. The summed E-state index contributed by atoms with van der Waals surface area (Å²) in [6, 6.07) is 7.84. The SMILES string of the molecule is CCc1cc(-c2ncc(C#N)cn2)ccc1OC. The van der Waals surface area contributed by atoms with Crippen LogP contribution in [-0.4, -0.2) is 17.1 Å². The van der Waals surface area contributed by atoms with E-state index in [1.54, 1.807) is 7.11 Å². The van der Waals surface area contributed by atoms with Crippen molar-refractivity contribution < 1.29 is 4.74 Å². The van der Waals surface area contributed by atoms with Crippen LogP contribution in [0.15, 0.2) is 30.6 Å². The van der Waals surface area contributed by atoms with Crippen LogP contribution in [0.4, 0.5) is 0 Å². The highest BCUT2D eigenvalue weighted by Crippen LogP contribution is 2.24. The van der Waals surface area contributed by atoms with Gasteiger partial charge in [0.25, 0.3) is 0 Å². The minimum Gasteiger partial charge on any atom is -0.496 e. The molecule has 18 heavy (non-hydrogen) atoms. The molecule has 0 N–H and O–H groups in total. The van der Waals surface area contributed by atoms with E-state index in [9.17, 15) is 0 Å². The van der Waals surface area contributed by atoms with Gasteiger partial charge in [-0.3, -0.25) is 0 Å². The van der Waals surface area contributed by atoms with E-state index in [2.05, 4.69) is 16.9 Å². The van der Waals surface area contributed by atoms with Crippen LogP contribution in [0.25, 0.3) is 11.4 Å². The van der Waals surface area contributed by atoms with Crippen LogP contribution in [0.3, 0.4) is 0 Å². The Bertz CT molecular complexity index is 585. The molecule has 0 fully saturated rings. The van der Waals surface area contributed by atoms with Gasteiger partial charge in [0.2, 0.25) is 0 Å². The van der Waals surface area contributed by atoms with Gasteiger partial charge in [0, 0.05) is 18.0 Å². The van der Waals surface area contributed by atoms with Gasteiger partial charge in [0.05, 0.1) is 12.7 Å². The number of hydrogen-bond donors (Lipinski definition) is 0. The molecule has 1 aromatic carbocycles. The number of aromatic nitrogens is 2. The Morgan fingerprint density at radius 2 is 2.00 bits per heavy atom. The lowest BCUT2D eigenvalue weighted by molar-refractivity contribution is 0.410. The van der Waals surface area contributed by atoms with Crippen LogP contribution in [0.2, 0.25) is 0 Å². The lowest BCUT2D eigenvalue weighted by Gasteiger charge is -2.08. The Morgan fingerprint density at radius 1 is 1.28 bits per heavy atom. The zero-order chi connectivity index (χ0) is 13.0. The van der Waals surface area contributed by atoms with E-state index in [0.717, 1.165) is 23.3 Å². The lowest BCUT2D eigenvalue weighted by atomic mass is 10.1. The largest absolute Gasteiger partial charge is 0.496 e. The fourth-order valence-electron chi connectivity index (χ4n) is 1.73. The Labute approximate surface area is 106 Å². The second kappa shape index (κ2) is 5.28. The summed E-state index contributed by atoms with van der Waals surface area (Å²) in [5.74, 6) is 1.49. The monoisotopic (exact) mass is 239 g/mol. The maximum atomic E-state index is 8.70. The smallest absolute Gasteiger partial charge is 0.159 e. The fourth-order valence-corrected chi connectivity index (χ4v) is 1.73. The average molecular weight is 239 g/mol. The number of rotatable bonds is 3. The van der Waals surface area contributed by atoms with E-state index < -0.39 is 0 Å². The van der Waals surface area contributed by atoms with Gasteiger partial charge in [-0.25, -0.2) is 9.97 Å². The minimum atomic E-state index is 0.461. The Morgan fingerprint density at radius 3 is 2.56 bits per heavy atom. The molecule has 0 atom stereocenters. The molecule has 4 nitrogen and oxygen atoms in total. The van der Waals surface area contributed by atoms with Crippen molar-refractivity contribution in [3.05, 3.63) is 41.7 Å². The summed E-state index contributed by atoms with van der Waals surface area (Å²) >= 11 is 0. The molecule has 0 unspecified atom stereocenters. The van der Waals surface area contributed by atoms with Crippen molar-refractivity contribution in [3.8, 4) is 23.2 Å². The van der Waals surface area contributed by atoms with Crippen LogP contribution >= 0.6 is 0 Å². The Balaban J connectivity index is 2.41. The summed E-state index contributed by atoms with van der Waals surface area (Å²) in [4.78, 5) is 8.35. The van der Waals surface area contributed by atoms with Crippen LogP contribution < -0.4 is 4.74 Å². The Kier molecular flexibility index (Phi) is 3.54. The predicted molar refractivity (Wildman–Crippen MR) is 68.1 cm³/mol. The minimum absolute atomic E-state index is 0.461. The number of methoxy groups -OCH3 is 1. The number of nitrogens with zero attached hydrogens (tertiary/aromatic N) is 3. The van der Waals surface area contributed by atoms with Gasteiger partial charge in [-0.1, -0.05) is 6.92 Å². The van der Waals surface area contributed by atoms with Gasteiger partial charge in [0.1, 0.15) is 11.8 Å². The molecular formula is C14H13N3O. The summed E-state index contributed by atoms with van der Waals surface area (Å²) in [5, 5.41) is 8.70. The van der Waals surface area contributed by atoms with Gasteiger partial charge in [-0.05, 0) is 30.2 Å². The molecule has 0 radical (unpaired) electrons. The molecule has 0 aliphatic carbocycles. The molecule has 0 saturated heterocycles. The van der Waals surface area contributed by atoms with Gasteiger partial charge in [0.15, 0.2) is 5.82 Å². The number of nitriles is 1. The maximum Gasteiger partial charge on any atom is 0.159 e. The van der Waals surface area contributed by atoms with Crippen molar-refractivity contribution >= 4 is 0 Å². The lowest BCUT2D eigenvalue weighted by Crippen LogP contribution is -1.94. The number of aryl methyl sites for hydroxylation is 1. The number of benzene rings is 1. The van der Waals surface area contributed by atoms with E-state index in [-0.39, 0.29) is 0 Å². The quantitative estimate of drug-likeness (QED) is 0.826. The molecule has 0 amide bonds. The summed E-state index contributed by atoms with van der Waals surface area (Å²) in [5.41, 5.74) is 2.50. The standard InChI is InChI=1S/C14H13N3O/c1-3-11-6-12(4-5-13(11)18-2)14-16-8-10(7-15)9-17-14/h4-6,8-9H,3H2,1-2H3. The molecule has 0 saturated carbocycles. The number of hydrogen-bond acceptors (Lipinski definition) is 4. The molecule has 4 heteroatoms. The molecule has 0 aliphatic rings. The summed E-state index contributed by atoms with van der Waals surface area (Å²) in [6.45, 7) is 2.07. The topological polar surface area (TPSA) is 58.8 Å². The first kappa shape index (κ1) is 12.1. The molecule has 2 aromatic rings. The van der Waals surface area contributed by atoms with Gasteiger partial charge in [-0.2, -0.15) is 5.26 Å². The van der Waals surface area contributed by atoms with E-state index in [0.29, 0.717) is 11.4 Å². The number of ether oxygens (including phenoxy) is 1. The molecule has 1 heterocycles. The fraction of sp³-hybridized carbons (Fsp3) is 0.214. The van der Waals surface area contributed by atoms with Crippen LogP contribution in [0.5, 0.6) is 5.75 Å². The van der Waals surface area contributed by atoms with Crippen LogP contribution in [0.1, 0.15) is 18.1 Å². The third-order valence-electron chi connectivity index (χ3n) is 2.70. The van der Waals surface area contributed by atoms with Crippen molar-refractivity contribution in [1.29, 1.82) is 5.26 Å². The van der Waals surface area contributed by atoms with Crippen LogP contribution in [-0.2, 0) is 6.42 Å². The zero-order valence-electron chi connectivity index (χ0n) is 10.3. The van der Waals surface area contributed by atoms with Crippen molar-refractivity contribution in [2.45, 2.75) is 13.3 Å². The van der Waals surface area contributed by atoms with Gasteiger partial charge >= 0.3 is 0 Å². The predicted octanol–water partition coefficient (Wildman–Crippen LogP) is 2.59. The normalized spacial score (nSPS) is 9.83. The molecule has 0 spiro atoms. The van der Waals surface area contributed by atoms with E-state index in [4.69, 9.17) is 10.00 Å². The highest BCUT2D eigenvalue weighted by Gasteiger charge is 2.06. The molecule has 0 bridgehead atoms. The molecule has 2 rings (SSSR count). The van der Waals surface area contributed by atoms with Crippen molar-refractivity contribution in [2.24, 2.45) is 0 Å². The molecule has 90 valence electrons. The second-order valence-corrected chi connectivity index (χ2v) is 3.79. The van der Waals surface area contributed by atoms with E-state index in [1.165, 1.54) is 12.4 Å². The van der Waals surface area contributed by atoms with Gasteiger partial charge in [-0.15, -0.1) is 0 Å². The Hall–Kier alpha value is -2.41. The van der Waals surface area contributed by atoms with Crippen molar-refractivity contribution in [1.82, 2.24) is 9.97 Å².